The second kappa shape index (κ2) is 10.4. The molecule has 0 aromatic heterocycles. The Kier molecular flexibility index (Phi) is 7.89. The van der Waals surface area contributed by atoms with Crippen LogP contribution in [0.3, 0.4) is 0 Å². The maximum absolute atomic E-state index is 13.4. The number of para-hydroxylation sites is 1. The van der Waals surface area contributed by atoms with Gasteiger partial charge in [0, 0.05) is 14.9 Å². The van der Waals surface area contributed by atoms with Crippen molar-refractivity contribution in [1.82, 2.24) is 0 Å². The molecule has 0 aliphatic heterocycles. The van der Waals surface area contributed by atoms with Gasteiger partial charge >= 0.3 is 0 Å². The Labute approximate surface area is 196 Å². The summed E-state index contributed by atoms with van der Waals surface area (Å²) < 4.78 is 27.8. The van der Waals surface area contributed by atoms with Crippen LogP contribution >= 0.6 is 35.0 Å². The van der Waals surface area contributed by atoms with Gasteiger partial charge in [0.25, 0.3) is 10.0 Å². The minimum absolute atomic E-state index is 0.0200. The van der Waals surface area contributed by atoms with Crippen molar-refractivity contribution < 1.29 is 13.2 Å². The summed E-state index contributed by atoms with van der Waals surface area (Å²) in [5.74, 6) is 0.369. The van der Waals surface area contributed by atoms with E-state index in [1.807, 2.05) is 25.1 Å². The number of nitrogens with zero attached hydrogens (tertiary/aromatic N) is 1. The van der Waals surface area contributed by atoms with Crippen molar-refractivity contribution >= 4 is 62.3 Å². The van der Waals surface area contributed by atoms with Crippen LogP contribution in [0.5, 0.6) is 0 Å². The molecule has 3 aromatic rings. The van der Waals surface area contributed by atoms with Gasteiger partial charge in [0.05, 0.1) is 16.3 Å². The SMILES string of the molecule is CCSc1ccccc1NC(=O)CN(c1cccc(Cl)c1)S(=O)(=O)c1ccc(Cl)cc1. The van der Waals surface area contributed by atoms with E-state index in [9.17, 15) is 13.2 Å². The van der Waals surface area contributed by atoms with Gasteiger partial charge in [-0.15, -0.1) is 11.8 Å². The Morgan fingerprint density at radius 3 is 2.35 bits per heavy atom. The third kappa shape index (κ3) is 5.95. The number of thioether (sulfide) groups is 1. The maximum atomic E-state index is 13.4. The van der Waals surface area contributed by atoms with Gasteiger partial charge in [-0.25, -0.2) is 8.42 Å². The van der Waals surface area contributed by atoms with Gasteiger partial charge in [-0.05, 0) is 60.4 Å². The van der Waals surface area contributed by atoms with Gasteiger partial charge in [0.1, 0.15) is 6.54 Å². The van der Waals surface area contributed by atoms with Crippen LogP contribution in [-0.2, 0) is 14.8 Å². The van der Waals surface area contributed by atoms with E-state index in [1.165, 1.54) is 30.3 Å². The maximum Gasteiger partial charge on any atom is 0.264 e. The third-order valence-corrected chi connectivity index (χ3v) is 7.48. The summed E-state index contributed by atoms with van der Waals surface area (Å²) in [5, 5.41) is 3.60. The first-order valence-corrected chi connectivity index (χ1v) is 12.5. The summed E-state index contributed by atoms with van der Waals surface area (Å²) in [6, 6.07) is 19.5. The lowest BCUT2D eigenvalue weighted by Crippen LogP contribution is -2.38. The van der Waals surface area contributed by atoms with Crippen molar-refractivity contribution in [2.45, 2.75) is 16.7 Å². The van der Waals surface area contributed by atoms with Crippen LogP contribution in [-0.4, -0.2) is 26.6 Å². The van der Waals surface area contributed by atoms with E-state index in [0.717, 1.165) is 15.0 Å². The average molecular weight is 495 g/mol. The number of halogens is 2. The topological polar surface area (TPSA) is 66.5 Å². The van der Waals surface area contributed by atoms with Crippen molar-refractivity contribution in [1.29, 1.82) is 0 Å². The molecule has 162 valence electrons. The fourth-order valence-electron chi connectivity index (χ4n) is 2.85. The van der Waals surface area contributed by atoms with E-state index in [2.05, 4.69) is 5.32 Å². The lowest BCUT2D eigenvalue weighted by Gasteiger charge is -2.24. The smallest absolute Gasteiger partial charge is 0.264 e. The van der Waals surface area contributed by atoms with Crippen LogP contribution in [0, 0.1) is 0 Å². The number of benzene rings is 3. The molecular weight excluding hydrogens is 475 g/mol. The highest BCUT2D eigenvalue weighted by Crippen LogP contribution is 2.29. The van der Waals surface area contributed by atoms with Gasteiger partial charge in [0.15, 0.2) is 0 Å². The molecule has 0 unspecified atom stereocenters. The van der Waals surface area contributed by atoms with E-state index in [0.29, 0.717) is 15.7 Å². The number of rotatable bonds is 8. The van der Waals surface area contributed by atoms with E-state index < -0.39 is 22.5 Å². The molecule has 5 nitrogen and oxygen atoms in total. The Morgan fingerprint density at radius 2 is 1.68 bits per heavy atom. The first kappa shape index (κ1) is 23.5. The molecule has 9 heteroatoms. The van der Waals surface area contributed by atoms with Crippen molar-refractivity contribution in [2.75, 3.05) is 21.9 Å². The molecular formula is C22H20Cl2N2O3S2. The zero-order valence-corrected chi connectivity index (χ0v) is 19.7. The lowest BCUT2D eigenvalue weighted by molar-refractivity contribution is -0.114. The molecule has 0 radical (unpaired) electrons. The predicted molar refractivity (Wildman–Crippen MR) is 129 cm³/mol. The van der Waals surface area contributed by atoms with Gasteiger partial charge in [-0.1, -0.05) is 48.3 Å². The van der Waals surface area contributed by atoms with Gasteiger partial charge in [0.2, 0.25) is 5.91 Å². The van der Waals surface area contributed by atoms with Gasteiger partial charge < -0.3 is 5.32 Å². The highest BCUT2D eigenvalue weighted by molar-refractivity contribution is 7.99. The van der Waals surface area contributed by atoms with Crippen molar-refractivity contribution in [3.8, 4) is 0 Å². The molecule has 1 N–H and O–H groups in total. The van der Waals surface area contributed by atoms with E-state index in [4.69, 9.17) is 23.2 Å². The van der Waals surface area contributed by atoms with Crippen LogP contribution in [0.15, 0.2) is 82.6 Å². The molecule has 0 bridgehead atoms. The average Bonchev–Trinajstić information content (AvgIpc) is 2.74. The molecule has 31 heavy (non-hydrogen) atoms. The second-order valence-corrected chi connectivity index (χ2v) is 10.5. The van der Waals surface area contributed by atoms with Crippen LogP contribution in [0.25, 0.3) is 0 Å². The first-order chi connectivity index (χ1) is 14.8. The molecule has 3 aromatic carbocycles. The Balaban J connectivity index is 1.94. The minimum atomic E-state index is -4.05. The minimum Gasteiger partial charge on any atom is -0.323 e. The largest absolute Gasteiger partial charge is 0.323 e. The molecule has 0 fully saturated rings. The van der Waals surface area contributed by atoms with Crippen molar-refractivity contribution in [3.63, 3.8) is 0 Å². The molecule has 0 aliphatic carbocycles. The summed E-state index contributed by atoms with van der Waals surface area (Å²) in [6.45, 7) is 1.60. The Hall–Kier alpha value is -2.19. The summed E-state index contributed by atoms with van der Waals surface area (Å²) in [6.07, 6.45) is 0. The Bertz CT molecular complexity index is 1170. The number of amides is 1. The summed E-state index contributed by atoms with van der Waals surface area (Å²) in [4.78, 5) is 13.8. The zero-order valence-electron chi connectivity index (χ0n) is 16.6. The van der Waals surface area contributed by atoms with Gasteiger partial charge in [-0.3, -0.25) is 9.10 Å². The predicted octanol–water partition coefficient (Wildman–Crippen LogP) is 5.94. The number of nitrogens with one attached hydrogen (secondary N) is 1. The molecule has 0 heterocycles. The normalized spacial score (nSPS) is 11.2. The lowest BCUT2D eigenvalue weighted by atomic mass is 10.3. The Morgan fingerprint density at radius 1 is 0.968 bits per heavy atom. The third-order valence-electron chi connectivity index (χ3n) is 4.25. The standard InChI is InChI=1S/C22H20Cl2N2O3S2/c1-2-30-21-9-4-3-8-20(21)25-22(27)15-26(18-7-5-6-17(24)14-18)31(28,29)19-12-10-16(23)11-13-19/h3-14H,2,15H2,1H3,(H,25,27). The van der Waals surface area contributed by atoms with E-state index >= 15 is 0 Å². The number of anilines is 2. The quantitative estimate of drug-likeness (QED) is 0.393. The second-order valence-electron chi connectivity index (χ2n) is 6.42. The number of carbonyl (C=O) groups is 1. The number of sulfonamides is 1. The summed E-state index contributed by atoms with van der Waals surface area (Å²) >= 11 is 13.6. The van der Waals surface area contributed by atoms with E-state index in [1.54, 1.807) is 36.0 Å². The van der Waals surface area contributed by atoms with Crippen molar-refractivity contribution in [3.05, 3.63) is 82.8 Å². The highest BCUT2D eigenvalue weighted by atomic mass is 35.5. The molecule has 0 saturated heterocycles. The number of hydrogen-bond donors (Lipinski definition) is 1. The van der Waals surface area contributed by atoms with Crippen LogP contribution < -0.4 is 9.62 Å². The van der Waals surface area contributed by atoms with Crippen LogP contribution in [0.4, 0.5) is 11.4 Å². The van der Waals surface area contributed by atoms with E-state index in [-0.39, 0.29) is 10.6 Å². The molecule has 0 saturated carbocycles. The number of hydrogen-bond acceptors (Lipinski definition) is 4. The van der Waals surface area contributed by atoms with Crippen LogP contribution in [0.2, 0.25) is 10.0 Å². The van der Waals surface area contributed by atoms with Crippen molar-refractivity contribution in [2.24, 2.45) is 0 Å². The molecule has 3 rings (SSSR count). The summed E-state index contributed by atoms with van der Waals surface area (Å²) in [5.41, 5.74) is 0.920. The fourth-order valence-corrected chi connectivity index (χ4v) is 5.34. The highest BCUT2D eigenvalue weighted by Gasteiger charge is 2.27. The molecule has 0 aliphatic rings. The first-order valence-electron chi connectivity index (χ1n) is 9.37. The molecule has 1 amide bonds. The zero-order chi connectivity index (χ0) is 22.4. The summed E-state index contributed by atoms with van der Waals surface area (Å²) in [7, 11) is -4.05. The van der Waals surface area contributed by atoms with Gasteiger partial charge in [-0.2, -0.15) is 0 Å². The fraction of sp³-hybridized carbons (Fsp3) is 0.136. The van der Waals surface area contributed by atoms with Crippen LogP contribution in [0.1, 0.15) is 6.92 Å². The monoisotopic (exact) mass is 494 g/mol. The molecule has 0 spiro atoms. The number of carbonyl (C=O) groups excluding carboxylic acids is 1. The molecule has 0 atom stereocenters.